The average Bonchev–Trinajstić information content (AvgIpc) is 2.28. The van der Waals surface area contributed by atoms with Crippen molar-refractivity contribution in [1.82, 2.24) is 9.80 Å². The van der Waals surface area contributed by atoms with E-state index >= 15 is 0 Å². The first-order valence-electron chi connectivity index (χ1n) is 6.27. The molecule has 0 aliphatic carbocycles. The van der Waals surface area contributed by atoms with Crippen molar-refractivity contribution in [2.24, 2.45) is 0 Å². The quantitative estimate of drug-likeness (QED) is 0.813. The number of nitrogens with zero attached hydrogens (tertiary/aromatic N) is 2. The highest BCUT2D eigenvalue weighted by Gasteiger charge is 2.22. The van der Waals surface area contributed by atoms with E-state index in [1.807, 2.05) is 25.9 Å². The first-order valence-corrected chi connectivity index (χ1v) is 7.44. The second-order valence-electron chi connectivity index (χ2n) is 4.83. The average molecular weight is 348 g/mol. The molecule has 1 aromatic rings. The summed E-state index contributed by atoms with van der Waals surface area (Å²) >= 11 is 9.31. The monoisotopic (exact) mass is 346 g/mol. The Morgan fingerprint density at radius 3 is 2.53 bits per heavy atom. The third-order valence-electron chi connectivity index (χ3n) is 2.92. The molecule has 0 aliphatic heterocycles. The first-order chi connectivity index (χ1) is 8.86. The lowest BCUT2D eigenvalue weighted by Gasteiger charge is -2.30. The lowest BCUT2D eigenvalue weighted by atomic mass is 10.1. The number of hydrogen-bond acceptors (Lipinski definition) is 2. The molecule has 0 spiro atoms. The second-order valence-corrected chi connectivity index (χ2v) is 6.12. The molecule has 0 aliphatic rings. The van der Waals surface area contributed by atoms with Crippen LogP contribution in [0.4, 0.5) is 0 Å². The molecule has 3 nitrogen and oxygen atoms in total. The fourth-order valence-electron chi connectivity index (χ4n) is 2.10. The summed E-state index contributed by atoms with van der Waals surface area (Å²) in [7, 11) is 4.01. The van der Waals surface area contributed by atoms with Gasteiger partial charge < -0.3 is 9.80 Å². The van der Waals surface area contributed by atoms with Crippen molar-refractivity contribution in [1.29, 1.82) is 0 Å². The van der Waals surface area contributed by atoms with E-state index in [0.29, 0.717) is 17.1 Å². The predicted octanol–water partition coefficient (Wildman–Crippen LogP) is 3.51. The van der Waals surface area contributed by atoms with E-state index in [0.717, 1.165) is 11.0 Å². The molecule has 0 saturated carbocycles. The van der Waals surface area contributed by atoms with E-state index in [1.165, 1.54) is 0 Å². The Morgan fingerprint density at radius 1 is 1.42 bits per heavy atom. The lowest BCUT2D eigenvalue weighted by molar-refractivity contribution is 0.0678. The molecule has 0 heterocycles. The first kappa shape index (κ1) is 16.5. The van der Waals surface area contributed by atoms with Gasteiger partial charge in [-0.1, -0.05) is 11.6 Å². The largest absolute Gasteiger partial charge is 0.335 e. The van der Waals surface area contributed by atoms with Crippen molar-refractivity contribution >= 4 is 33.4 Å². The highest BCUT2D eigenvalue weighted by Crippen LogP contribution is 2.23. The summed E-state index contributed by atoms with van der Waals surface area (Å²) < 4.78 is 0.737. The number of likely N-dealkylation sites (N-methyl/N-ethyl adjacent to an activating group) is 2. The smallest absolute Gasteiger partial charge is 0.255 e. The number of carbonyl (C=O) groups is 1. The van der Waals surface area contributed by atoms with Gasteiger partial charge in [0.15, 0.2) is 0 Å². The Balaban J connectivity index is 2.95. The van der Waals surface area contributed by atoms with E-state index in [1.54, 1.807) is 18.2 Å². The molecule has 1 amide bonds. The Bertz CT molecular complexity index is 451. The van der Waals surface area contributed by atoms with Crippen LogP contribution >= 0.6 is 27.5 Å². The summed E-state index contributed by atoms with van der Waals surface area (Å²) in [4.78, 5) is 16.5. The van der Waals surface area contributed by atoms with Crippen LogP contribution in [0.15, 0.2) is 22.7 Å². The Hall–Kier alpha value is -0.580. The molecular formula is C14H20BrClN2O. The van der Waals surface area contributed by atoms with Crippen molar-refractivity contribution in [2.45, 2.75) is 19.9 Å². The van der Waals surface area contributed by atoms with Crippen LogP contribution in [-0.2, 0) is 0 Å². The molecule has 0 aromatic heterocycles. The van der Waals surface area contributed by atoms with E-state index in [9.17, 15) is 4.79 Å². The van der Waals surface area contributed by atoms with Crippen LogP contribution in [-0.4, -0.2) is 48.9 Å². The van der Waals surface area contributed by atoms with E-state index in [-0.39, 0.29) is 11.9 Å². The summed E-state index contributed by atoms with van der Waals surface area (Å²) in [6, 6.07) is 5.42. The van der Waals surface area contributed by atoms with E-state index in [2.05, 4.69) is 27.8 Å². The van der Waals surface area contributed by atoms with Gasteiger partial charge in [-0.2, -0.15) is 0 Å². The van der Waals surface area contributed by atoms with Gasteiger partial charge in [0.25, 0.3) is 5.91 Å². The zero-order chi connectivity index (χ0) is 14.6. The lowest BCUT2D eigenvalue weighted by Crippen LogP contribution is -2.43. The van der Waals surface area contributed by atoms with E-state index < -0.39 is 0 Å². The van der Waals surface area contributed by atoms with Gasteiger partial charge in [-0.25, -0.2) is 0 Å². The minimum Gasteiger partial charge on any atom is -0.335 e. The highest BCUT2D eigenvalue weighted by atomic mass is 79.9. The number of carbonyl (C=O) groups excluding carboxylic acids is 1. The van der Waals surface area contributed by atoms with Gasteiger partial charge >= 0.3 is 0 Å². The third kappa shape index (κ3) is 4.48. The molecule has 1 aromatic carbocycles. The van der Waals surface area contributed by atoms with Gasteiger partial charge in [0.2, 0.25) is 0 Å². The molecule has 1 unspecified atom stereocenters. The van der Waals surface area contributed by atoms with Gasteiger partial charge in [0.05, 0.1) is 5.56 Å². The van der Waals surface area contributed by atoms with Crippen LogP contribution in [0.2, 0.25) is 5.02 Å². The number of amides is 1. The molecule has 1 atom stereocenters. The highest BCUT2D eigenvalue weighted by molar-refractivity contribution is 9.10. The van der Waals surface area contributed by atoms with Crippen LogP contribution in [0.5, 0.6) is 0 Å². The topological polar surface area (TPSA) is 23.6 Å². The van der Waals surface area contributed by atoms with Gasteiger partial charge in [-0.05, 0) is 62.1 Å². The SMILES string of the molecule is CCN(C(=O)c1ccc(Cl)cc1Br)C(C)CN(C)C. The van der Waals surface area contributed by atoms with Crippen molar-refractivity contribution in [3.8, 4) is 0 Å². The summed E-state index contributed by atoms with van der Waals surface area (Å²) in [6.45, 7) is 5.58. The molecule has 0 fully saturated rings. The maximum atomic E-state index is 12.6. The standard InChI is InChI=1S/C14H20BrClN2O/c1-5-18(10(2)9-17(3)4)14(19)12-7-6-11(16)8-13(12)15/h6-8,10H,5,9H2,1-4H3. The van der Waals surface area contributed by atoms with Crippen LogP contribution in [0.3, 0.4) is 0 Å². The van der Waals surface area contributed by atoms with Crippen molar-refractivity contribution < 1.29 is 4.79 Å². The van der Waals surface area contributed by atoms with Gasteiger partial charge in [0.1, 0.15) is 0 Å². The molecule has 19 heavy (non-hydrogen) atoms. The van der Waals surface area contributed by atoms with Crippen LogP contribution in [0.1, 0.15) is 24.2 Å². The van der Waals surface area contributed by atoms with Gasteiger partial charge in [-0.15, -0.1) is 0 Å². The zero-order valence-electron chi connectivity index (χ0n) is 11.8. The summed E-state index contributed by atoms with van der Waals surface area (Å²) in [5.41, 5.74) is 0.650. The molecule has 0 N–H and O–H groups in total. The molecule has 0 saturated heterocycles. The molecule has 5 heteroatoms. The minimum absolute atomic E-state index is 0.0281. The second kappa shape index (κ2) is 7.27. The van der Waals surface area contributed by atoms with Crippen molar-refractivity contribution in [3.05, 3.63) is 33.3 Å². The molecule has 0 radical (unpaired) electrons. The molecule has 1 rings (SSSR count). The van der Waals surface area contributed by atoms with Crippen molar-refractivity contribution in [3.63, 3.8) is 0 Å². The third-order valence-corrected chi connectivity index (χ3v) is 3.82. The Kier molecular flexibility index (Phi) is 6.30. The van der Waals surface area contributed by atoms with Crippen LogP contribution in [0, 0.1) is 0 Å². The fraction of sp³-hybridized carbons (Fsp3) is 0.500. The Morgan fingerprint density at radius 2 is 2.05 bits per heavy atom. The Labute approximate surface area is 128 Å². The maximum absolute atomic E-state index is 12.6. The van der Waals surface area contributed by atoms with Gasteiger partial charge in [0, 0.05) is 28.6 Å². The predicted molar refractivity (Wildman–Crippen MR) is 83.9 cm³/mol. The summed E-state index contributed by atoms with van der Waals surface area (Å²) in [6.07, 6.45) is 0. The number of hydrogen-bond donors (Lipinski definition) is 0. The summed E-state index contributed by atoms with van der Waals surface area (Å²) in [5.74, 6) is 0.0281. The molecule has 106 valence electrons. The molecule has 0 bridgehead atoms. The maximum Gasteiger partial charge on any atom is 0.255 e. The molecular weight excluding hydrogens is 328 g/mol. The minimum atomic E-state index is 0.0281. The van der Waals surface area contributed by atoms with Crippen LogP contribution < -0.4 is 0 Å². The number of rotatable bonds is 5. The van der Waals surface area contributed by atoms with E-state index in [4.69, 9.17) is 11.6 Å². The zero-order valence-corrected chi connectivity index (χ0v) is 14.1. The summed E-state index contributed by atoms with van der Waals surface area (Å²) in [5, 5.41) is 0.618. The number of halogens is 2. The van der Waals surface area contributed by atoms with Crippen molar-refractivity contribution in [2.75, 3.05) is 27.2 Å². The van der Waals surface area contributed by atoms with Crippen LogP contribution in [0.25, 0.3) is 0 Å². The number of benzene rings is 1. The fourth-order valence-corrected chi connectivity index (χ4v) is 2.95. The normalized spacial score (nSPS) is 12.6. The van der Waals surface area contributed by atoms with Gasteiger partial charge in [-0.3, -0.25) is 4.79 Å².